The fourth-order valence-corrected chi connectivity index (χ4v) is 3.77. The molecule has 1 amide bonds. The molecule has 1 aliphatic heterocycles. The lowest BCUT2D eigenvalue weighted by atomic mass is 9.91. The number of likely N-dealkylation sites (tertiary alicyclic amines) is 1. The summed E-state index contributed by atoms with van der Waals surface area (Å²) in [6.07, 6.45) is -0.374. The van der Waals surface area contributed by atoms with Crippen LogP contribution in [0.25, 0.3) is 0 Å². The summed E-state index contributed by atoms with van der Waals surface area (Å²) >= 11 is 0. The van der Waals surface area contributed by atoms with Gasteiger partial charge in [-0.3, -0.25) is 4.18 Å². The Morgan fingerprint density at radius 3 is 2.46 bits per heavy atom. The molecule has 0 aliphatic carbocycles. The molecule has 0 bridgehead atoms. The molecule has 0 spiro atoms. The molecule has 1 fully saturated rings. The minimum absolute atomic E-state index is 0.0392. The van der Waals surface area contributed by atoms with E-state index in [1.165, 1.54) is 0 Å². The van der Waals surface area contributed by atoms with E-state index in [1.807, 2.05) is 33.8 Å². The average Bonchev–Trinajstić information content (AvgIpc) is 2.34. The minimum Gasteiger partial charge on any atom is -0.444 e. The van der Waals surface area contributed by atoms with E-state index in [2.05, 4.69) is 0 Å². The Hall–Kier alpha value is -1.60. The third kappa shape index (κ3) is 4.27. The molecule has 1 aliphatic rings. The van der Waals surface area contributed by atoms with Gasteiger partial charge in [0.1, 0.15) is 5.60 Å². The Kier molecular flexibility index (Phi) is 5.25. The van der Waals surface area contributed by atoms with Crippen LogP contribution in [0.4, 0.5) is 4.79 Å². The zero-order valence-electron chi connectivity index (χ0n) is 14.8. The van der Waals surface area contributed by atoms with E-state index in [4.69, 9.17) is 8.92 Å². The van der Waals surface area contributed by atoms with Gasteiger partial charge in [-0.1, -0.05) is 17.7 Å². The van der Waals surface area contributed by atoms with Crippen LogP contribution in [-0.4, -0.2) is 44.7 Å². The van der Waals surface area contributed by atoms with Crippen LogP contribution in [0.3, 0.4) is 0 Å². The Balaban J connectivity index is 2.17. The summed E-state index contributed by atoms with van der Waals surface area (Å²) in [4.78, 5) is 13.8. The maximum Gasteiger partial charge on any atom is 0.410 e. The summed E-state index contributed by atoms with van der Waals surface area (Å²) in [5.41, 5.74) is 1.12. The second kappa shape index (κ2) is 6.72. The van der Waals surface area contributed by atoms with E-state index < -0.39 is 15.7 Å². The predicted octanol–water partition coefficient (Wildman–Crippen LogP) is 3.05. The lowest BCUT2D eigenvalue weighted by molar-refractivity contribution is 0.00799. The smallest absolute Gasteiger partial charge is 0.410 e. The number of ether oxygens (including phenoxy) is 1. The molecule has 0 saturated carbocycles. The largest absolute Gasteiger partial charge is 0.444 e. The molecule has 1 aromatic carbocycles. The molecule has 0 unspecified atom stereocenters. The zero-order chi connectivity index (χ0) is 18.1. The molecular weight excluding hydrogens is 330 g/mol. The molecule has 24 heavy (non-hydrogen) atoms. The first-order valence-corrected chi connectivity index (χ1v) is 9.42. The van der Waals surface area contributed by atoms with Gasteiger partial charge in [-0.15, -0.1) is 0 Å². The van der Waals surface area contributed by atoms with Crippen LogP contribution >= 0.6 is 0 Å². The Morgan fingerprint density at radius 2 is 1.92 bits per heavy atom. The average molecular weight is 355 g/mol. The van der Waals surface area contributed by atoms with E-state index in [-0.39, 0.29) is 23.5 Å². The highest BCUT2D eigenvalue weighted by molar-refractivity contribution is 7.86. The van der Waals surface area contributed by atoms with Crippen molar-refractivity contribution in [3.63, 3.8) is 0 Å². The van der Waals surface area contributed by atoms with Gasteiger partial charge in [0.25, 0.3) is 10.1 Å². The Labute approximate surface area is 143 Å². The maximum absolute atomic E-state index is 12.3. The van der Waals surface area contributed by atoms with Crippen LogP contribution < -0.4 is 0 Å². The molecule has 1 saturated heterocycles. The van der Waals surface area contributed by atoms with E-state index >= 15 is 0 Å². The van der Waals surface area contributed by atoms with Crippen molar-refractivity contribution in [2.24, 2.45) is 0 Å². The Bertz CT molecular complexity index is 715. The number of carbonyl (C=O) groups is 1. The zero-order valence-corrected chi connectivity index (χ0v) is 15.6. The number of aryl methyl sites for hydroxylation is 1. The number of rotatable bonds is 4. The molecule has 0 N–H and O–H groups in total. The molecule has 0 radical (unpaired) electrons. The predicted molar refractivity (Wildman–Crippen MR) is 90.5 cm³/mol. The lowest BCUT2D eigenvalue weighted by Crippen LogP contribution is -2.50. The molecule has 1 heterocycles. The summed E-state index contributed by atoms with van der Waals surface area (Å²) < 4.78 is 34.8. The minimum atomic E-state index is -3.78. The molecule has 6 nitrogen and oxygen atoms in total. The summed E-state index contributed by atoms with van der Waals surface area (Å²) in [6, 6.07) is 5.18. The van der Waals surface area contributed by atoms with Gasteiger partial charge in [0.2, 0.25) is 0 Å². The van der Waals surface area contributed by atoms with E-state index in [1.54, 1.807) is 24.0 Å². The van der Waals surface area contributed by atoms with Crippen molar-refractivity contribution in [2.45, 2.75) is 51.0 Å². The summed E-state index contributed by atoms with van der Waals surface area (Å²) in [5.74, 6) is -0.0392. The molecule has 2 rings (SSSR count). The second-order valence-corrected chi connectivity index (χ2v) is 8.57. The van der Waals surface area contributed by atoms with Gasteiger partial charge in [-0.2, -0.15) is 8.42 Å². The summed E-state index contributed by atoms with van der Waals surface area (Å²) in [5, 5.41) is 0. The number of amides is 1. The molecule has 134 valence electrons. The second-order valence-electron chi connectivity index (χ2n) is 6.98. The quantitative estimate of drug-likeness (QED) is 0.776. The highest BCUT2D eigenvalue weighted by atomic mass is 32.2. The molecular formula is C17H25NO5S. The van der Waals surface area contributed by atoms with E-state index in [9.17, 15) is 13.2 Å². The summed E-state index contributed by atoms with van der Waals surface area (Å²) in [6.45, 7) is 9.95. The van der Waals surface area contributed by atoms with Crippen LogP contribution in [0.1, 0.15) is 44.7 Å². The first kappa shape index (κ1) is 18.7. The van der Waals surface area contributed by atoms with Crippen LogP contribution in [0.5, 0.6) is 0 Å². The van der Waals surface area contributed by atoms with Crippen molar-refractivity contribution < 1.29 is 22.1 Å². The molecule has 1 aromatic rings. The normalized spacial score (nSPS) is 16.0. The van der Waals surface area contributed by atoms with Gasteiger partial charge in [-0.05, 0) is 46.2 Å². The van der Waals surface area contributed by atoms with E-state index in [0.717, 1.165) is 5.56 Å². The fraction of sp³-hybridized carbons (Fsp3) is 0.588. The standard InChI is InChI=1S/C17H25NO5S/c1-6-22-24(20,21)15-8-7-12(2)9-14(15)13-10-18(11-13)16(19)23-17(3,4)5/h7-9,13H,6,10-11H2,1-5H3. The molecule has 0 atom stereocenters. The maximum atomic E-state index is 12.3. The van der Waals surface area contributed by atoms with Crippen LogP contribution in [0, 0.1) is 6.92 Å². The third-order valence-corrected chi connectivity index (χ3v) is 5.14. The van der Waals surface area contributed by atoms with Gasteiger partial charge in [0.15, 0.2) is 0 Å². The van der Waals surface area contributed by atoms with Crippen LogP contribution in [0.2, 0.25) is 0 Å². The van der Waals surface area contributed by atoms with Crippen LogP contribution in [0.15, 0.2) is 23.1 Å². The van der Waals surface area contributed by atoms with Gasteiger partial charge < -0.3 is 9.64 Å². The number of nitrogens with zero attached hydrogens (tertiary/aromatic N) is 1. The third-order valence-electron chi connectivity index (χ3n) is 3.68. The molecule has 7 heteroatoms. The van der Waals surface area contributed by atoms with Crippen molar-refractivity contribution in [2.75, 3.05) is 19.7 Å². The highest BCUT2D eigenvalue weighted by Gasteiger charge is 2.37. The fourth-order valence-electron chi connectivity index (χ4n) is 2.58. The van der Waals surface area contributed by atoms with Gasteiger partial charge in [-0.25, -0.2) is 4.79 Å². The Morgan fingerprint density at radius 1 is 1.29 bits per heavy atom. The van der Waals surface area contributed by atoms with Gasteiger partial charge in [0, 0.05) is 19.0 Å². The van der Waals surface area contributed by atoms with Crippen molar-refractivity contribution >= 4 is 16.2 Å². The number of hydrogen-bond acceptors (Lipinski definition) is 5. The number of hydrogen-bond donors (Lipinski definition) is 0. The topological polar surface area (TPSA) is 72.9 Å². The van der Waals surface area contributed by atoms with Crippen molar-refractivity contribution in [3.8, 4) is 0 Å². The van der Waals surface area contributed by atoms with Crippen molar-refractivity contribution in [1.29, 1.82) is 0 Å². The number of benzene rings is 1. The lowest BCUT2D eigenvalue weighted by Gasteiger charge is -2.40. The first-order chi connectivity index (χ1) is 11.0. The van der Waals surface area contributed by atoms with Gasteiger partial charge in [0.05, 0.1) is 11.5 Å². The number of carbonyl (C=O) groups excluding carboxylic acids is 1. The highest BCUT2D eigenvalue weighted by Crippen LogP contribution is 2.34. The first-order valence-electron chi connectivity index (χ1n) is 8.01. The van der Waals surface area contributed by atoms with Gasteiger partial charge >= 0.3 is 6.09 Å². The summed E-state index contributed by atoms with van der Waals surface area (Å²) in [7, 11) is -3.78. The molecule has 0 aromatic heterocycles. The van der Waals surface area contributed by atoms with Crippen molar-refractivity contribution in [3.05, 3.63) is 29.3 Å². The van der Waals surface area contributed by atoms with E-state index in [0.29, 0.717) is 18.7 Å². The monoisotopic (exact) mass is 355 g/mol. The van der Waals surface area contributed by atoms with Crippen LogP contribution in [-0.2, 0) is 19.0 Å². The van der Waals surface area contributed by atoms with Crippen molar-refractivity contribution in [1.82, 2.24) is 4.90 Å². The SMILES string of the molecule is CCOS(=O)(=O)c1ccc(C)cc1C1CN(C(=O)OC(C)(C)C)C1.